The second kappa shape index (κ2) is 7.08. The van der Waals surface area contributed by atoms with Crippen LogP contribution in [0.4, 0.5) is 10.5 Å². The van der Waals surface area contributed by atoms with Crippen molar-refractivity contribution in [3.63, 3.8) is 0 Å². The molecule has 21 heavy (non-hydrogen) atoms. The highest BCUT2D eigenvalue weighted by molar-refractivity contribution is 5.97. The monoisotopic (exact) mass is 292 g/mol. The van der Waals surface area contributed by atoms with Crippen LogP contribution in [0, 0.1) is 0 Å². The Labute approximate surface area is 123 Å². The van der Waals surface area contributed by atoms with E-state index in [0.717, 1.165) is 6.42 Å². The van der Waals surface area contributed by atoms with Gasteiger partial charge in [0.2, 0.25) is 0 Å². The molecule has 2 amide bonds. The number of fused-ring (bicyclic) bond motifs is 1. The molecule has 0 bridgehead atoms. The van der Waals surface area contributed by atoms with Crippen LogP contribution in [-0.4, -0.2) is 43.4 Å². The highest BCUT2D eigenvalue weighted by atomic mass is 16.5. The highest BCUT2D eigenvalue weighted by Crippen LogP contribution is 2.36. The van der Waals surface area contributed by atoms with Crippen molar-refractivity contribution in [2.45, 2.75) is 19.3 Å². The van der Waals surface area contributed by atoms with Crippen LogP contribution in [0.1, 0.15) is 24.8 Å². The van der Waals surface area contributed by atoms with Crippen LogP contribution in [0.15, 0.2) is 24.3 Å². The number of carbonyl (C=O) groups excluding carboxylic acids is 1. The van der Waals surface area contributed by atoms with Crippen LogP contribution in [0.2, 0.25) is 0 Å². The van der Waals surface area contributed by atoms with Gasteiger partial charge in [-0.25, -0.2) is 4.79 Å². The van der Waals surface area contributed by atoms with Crippen molar-refractivity contribution in [1.82, 2.24) is 5.32 Å². The molecule has 2 rings (SSSR count). The molecule has 0 saturated carbocycles. The maximum absolute atomic E-state index is 12.2. The van der Waals surface area contributed by atoms with Crippen molar-refractivity contribution in [2.75, 3.05) is 31.2 Å². The van der Waals surface area contributed by atoms with E-state index in [-0.39, 0.29) is 12.6 Å². The number of anilines is 1. The topological polar surface area (TPSA) is 78.9 Å². The summed E-state index contributed by atoms with van der Waals surface area (Å²) in [5, 5.41) is 12.1. The summed E-state index contributed by atoms with van der Waals surface area (Å²) in [5.41, 5.74) is 1.36. The summed E-state index contributed by atoms with van der Waals surface area (Å²) in [7, 11) is 0. The maximum atomic E-state index is 12.2. The first-order chi connectivity index (χ1) is 10.1. The van der Waals surface area contributed by atoms with Gasteiger partial charge in [-0.15, -0.1) is 0 Å². The van der Waals surface area contributed by atoms with Crippen LogP contribution in [0.3, 0.4) is 0 Å². The summed E-state index contributed by atoms with van der Waals surface area (Å²) >= 11 is 0. The number of urea groups is 1. The molecule has 1 aliphatic rings. The number of aliphatic carboxylic acids is 1. The van der Waals surface area contributed by atoms with E-state index in [0.29, 0.717) is 31.0 Å². The molecule has 1 aromatic carbocycles. The Kier molecular flexibility index (Phi) is 5.16. The zero-order chi connectivity index (χ0) is 15.2. The largest absolute Gasteiger partial charge is 0.481 e. The first-order valence-corrected chi connectivity index (χ1v) is 7.10. The lowest BCUT2D eigenvalue weighted by atomic mass is 10.0. The number of nitrogens with zero attached hydrogens (tertiary/aromatic N) is 1. The third-order valence-electron chi connectivity index (χ3n) is 3.46. The van der Waals surface area contributed by atoms with E-state index < -0.39 is 11.9 Å². The molecule has 0 saturated heterocycles. The van der Waals surface area contributed by atoms with E-state index >= 15 is 0 Å². The number of hydrogen-bond donors (Lipinski definition) is 2. The van der Waals surface area contributed by atoms with Gasteiger partial charge in [-0.1, -0.05) is 18.2 Å². The second-order valence-corrected chi connectivity index (χ2v) is 4.84. The molecule has 6 heteroatoms. The van der Waals surface area contributed by atoms with Gasteiger partial charge in [-0.3, -0.25) is 9.69 Å². The average Bonchev–Trinajstić information content (AvgIpc) is 2.87. The van der Waals surface area contributed by atoms with Gasteiger partial charge in [0.05, 0.1) is 0 Å². The summed E-state index contributed by atoms with van der Waals surface area (Å²) < 4.78 is 5.20. The molecule has 0 aromatic heterocycles. The predicted octanol–water partition coefficient (Wildman–Crippen LogP) is 1.81. The maximum Gasteiger partial charge on any atom is 0.321 e. The first-order valence-electron chi connectivity index (χ1n) is 7.10. The average molecular weight is 292 g/mol. The number of carbonyl (C=O) groups is 2. The van der Waals surface area contributed by atoms with Crippen LogP contribution in [-0.2, 0) is 9.53 Å². The smallest absolute Gasteiger partial charge is 0.321 e. The predicted molar refractivity (Wildman–Crippen MR) is 78.7 cm³/mol. The molecule has 6 nitrogen and oxygen atoms in total. The zero-order valence-electron chi connectivity index (χ0n) is 12.0. The summed E-state index contributed by atoms with van der Waals surface area (Å²) in [4.78, 5) is 25.0. The normalized spacial score (nSPS) is 16.6. The van der Waals surface area contributed by atoms with Crippen molar-refractivity contribution in [1.29, 1.82) is 0 Å². The molecule has 2 N–H and O–H groups in total. The Morgan fingerprint density at radius 3 is 2.90 bits per heavy atom. The number of nitrogens with one attached hydrogen (secondary N) is 1. The molecule has 114 valence electrons. The molecule has 0 aliphatic carbocycles. The lowest BCUT2D eigenvalue weighted by molar-refractivity contribution is -0.138. The van der Waals surface area contributed by atoms with E-state index in [2.05, 4.69) is 5.32 Å². The first kappa shape index (κ1) is 15.3. The van der Waals surface area contributed by atoms with E-state index in [4.69, 9.17) is 4.74 Å². The summed E-state index contributed by atoms with van der Waals surface area (Å²) in [6.45, 7) is 3.87. The quantitative estimate of drug-likeness (QED) is 0.784. The molecule has 1 aromatic rings. The SMILES string of the molecule is CCOCCCNC(=O)N1CC(C(=O)O)c2ccccc21. The fourth-order valence-corrected chi connectivity index (χ4v) is 2.42. The minimum atomic E-state index is -0.908. The fourth-order valence-electron chi connectivity index (χ4n) is 2.42. The van der Waals surface area contributed by atoms with Crippen molar-refractivity contribution in [2.24, 2.45) is 0 Å². The number of carboxylic acids is 1. The minimum absolute atomic E-state index is 0.173. The van der Waals surface area contributed by atoms with Crippen molar-refractivity contribution in [3.8, 4) is 0 Å². The zero-order valence-corrected chi connectivity index (χ0v) is 12.0. The van der Waals surface area contributed by atoms with Gasteiger partial charge in [0.15, 0.2) is 0 Å². The van der Waals surface area contributed by atoms with Gasteiger partial charge in [-0.05, 0) is 25.0 Å². The molecule has 0 spiro atoms. The number of amides is 2. The van der Waals surface area contributed by atoms with E-state index in [1.54, 1.807) is 24.3 Å². The number of rotatable bonds is 6. The van der Waals surface area contributed by atoms with Crippen LogP contribution >= 0.6 is 0 Å². The molecular formula is C15H20N2O4. The van der Waals surface area contributed by atoms with Gasteiger partial charge in [0.1, 0.15) is 5.92 Å². The summed E-state index contributed by atoms with van der Waals surface area (Å²) in [5.74, 6) is -1.57. The third kappa shape index (κ3) is 3.52. The van der Waals surface area contributed by atoms with E-state index in [1.807, 2.05) is 6.92 Å². The number of hydrogen-bond acceptors (Lipinski definition) is 3. The molecule has 1 unspecified atom stereocenters. The van der Waals surface area contributed by atoms with Crippen LogP contribution in [0.25, 0.3) is 0 Å². The van der Waals surface area contributed by atoms with Gasteiger partial charge in [0.25, 0.3) is 0 Å². The summed E-state index contributed by atoms with van der Waals surface area (Å²) in [6.07, 6.45) is 0.734. The van der Waals surface area contributed by atoms with Gasteiger partial charge in [0, 0.05) is 32.0 Å². The minimum Gasteiger partial charge on any atom is -0.481 e. The molecule has 0 fully saturated rings. The van der Waals surface area contributed by atoms with Crippen LogP contribution in [0.5, 0.6) is 0 Å². The molecule has 1 heterocycles. The standard InChI is InChI=1S/C15H20N2O4/c1-2-21-9-5-8-16-15(20)17-10-12(14(18)19)11-6-3-4-7-13(11)17/h3-4,6-7,12H,2,5,8-10H2,1H3,(H,16,20)(H,18,19). The molecular weight excluding hydrogens is 272 g/mol. The Hall–Kier alpha value is -2.08. The third-order valence-corrected chi connectivity index (χ3v) is 3.46. The molecule has 0 radical (unpaired) electrons. The number of ether oxygens (including phenoxy) is 1. The Bertz CT molecular complexity index is 518. The van der Waals surface area contributed by atoms with Crippen molar-refractivity contribution < 1.29 is 19.4 Å². The summed E-state index contributed by atoms with van der Waals surface area (Å²) in [6, 6.07) is 6.87. The molecule has 1 aliphatic heterocycles. The number of para-hydroxylation sites is 1. The molecule has 1 atom stereocenters. The van der Waals surface area contributed by atoms with E-state index in [9.17, 15) is 14.7 Å². The number of benzene rings is 1. The van der Waals surface area contributed by atoms with Crippen LogP contribution < -0.4 is 10.2 Å². The fraction of sp³-hybridized carbons (Fsp3) is 0.467. The Balaban J connectivity index is 1.98. The van der Waals surface area contributed by atoms with Crippen molar-refractivity contribution in [3.05, 3.63) is 29.8 Å². The lowest BCUT2D eigenvalue weighted by Crippen LogP contribution is -2.40. The highest BCUT2D eigenvalue weighted by Gasteiger charge is 2.36. The lowest BCUT2D eigenvalue weighted by Gasteiger charge is -2.18. The second-order valence-electron chi connectivity index (χ2n) is 4.84. The number of carboxylic acid groups (broad SMARTS) is 1. The van der Waals surface area contributed by atoms with Gasteiger partial charge >= 0.3 is 12.0 Å². The van der Waals surface area contributed by atoms with E-state index in [1.165, 1.54) is 4.90 Å². The Morgan fingerprint density at radius 1 is 1.43 bits per heavy atom. The van der Waals surface area contributed by atoms with Gasteiger partial charge in [-0.2, -0.15) is 0 Å². The van der Waals surface area contributed by atoms with Crippen molar-refractivity contribution >= 4 is 17.7 Å². The van der Waals surface area contributed by atoms with Gasteiger partial charge < -0.3 is 15.2 Å². The Morgan fingerprint density at radius 2 is 2.19 bits per heavy atom.